The van der Waals surface area contributed by atoms with Crippen molar-refractivity contribution in [2.24, 2.45) is 0 Å². The van der Waals surface area contributed by atoms with Crippen LogP contribution >= 0.6 is 11.3 Å². The summed E-state index contributed by atoms with van der Waals surface area (Å²) in [5, 5.41) is 3.24. The van der Waals surface area contributed by atoms with Crippen LogP contribution in [-0.2, 0) is 22.4 Å². The number of hydrogen-bond donors (Lipinski definition) is 1. The van der Waals surface area contributed by atoms with Crippen molar-refractivity contribution in [3.63, 3.8) is 0 Å². The predicted octanol–water partition coefficient (Wildman–Crippen LogP) is 2.70. The Balaban J connectivity index is 1.66. The lowest BCUT2D eigenvalue weighted by molar-refractivity contribution is 0.0600. The zero-order valence-electron chi connectivity index (χ0n) is 15.0. The number of anilines is 1. The van der Waals surface area contributed by atoms with Gasteiger partial charge in [-0.15, -0.1) is 0 Å². The van der Waals surface area contributed by atoms with Gasteiger partial charge in [0.1, 0.15) is 0 Å². The third kappa shape index (κ3) is 4.25. The number of aromatic nitrogens is 1. The normalized spacial score (nSPS) is 12.9. The highest BCUT2D eigenvalue weighted by atomic mass is 32.1. The molecular formula is C18H19N3O5S. The van der Waals surface area contributed by atoms with E-state index in [4.69, 9.17) is 4.74 Å². The Morgan fingerprint density at radius 1 is 1.22 bits per heavy atom. The van der Waals surface area contributed by atoms with Gasteiger partial charge in [-0.25, -0.2) is 14.6 Å². The third-order valence-corrected chi connectivity index (χ3v) is 5.04. The topological polar surface area (TPSA) is 97.8 Å². The van der Waals surface area contributed by atoms with E-state index in [1.54, 1.807) is 24.0 Å². The van der Waals surface area contributed by atoms with Gasteiger partial charge in [-0.1, -0.05) is 11.3 Å². The van der Waals surface area contributed by atoms with Crippen molar-refractivity contribution in [2.75, 3.05) is 25.6 Å². The molecule has 0 saturated carbocycles. The van der Waals surface area contributed by atoms with Crippen molar-refractivity contribution in [1.29, 1.82) is 0 Å². The number of amides is 2. The number of rotatable bonds is 4. The fourth-order valence-electron chi connectivity index (χ4n) is 2.66. The van der Waals surface area contributed by atoms with Gasteiger partial charge < -0.3 is 14.4 Å². The summed E-state index contributed by atoms with van der Waals surface area (Å²) in [6.45, 7) is 3.07. The summed E-state index contributed by atoms with van der Waals surface area (Å²) in [4.78, 5) is 42.7. The molecule has 1 aliphatic heterocycles. The molecule has 3 rings (SSSR count). The van der Waals surface area contributed by atoms with Crippen LogP contribution in [0.5, 0.6) is 0 Å². The van der Waals surface area contributed by atoms with Crippen LogP contribution < -0.4 is 5.32 Å². The molecule has 1 N–H and O–H groups in total. The second-order valence-electron chi connectivity index (χ2n) is 5.78. The van der Waals surface area contributed by atoms with Gasteiger partial charge in [0.15, 0.2) is 5.13 Å². The number of nitrogens with one attached hydrogen (secondary N) is 1. The number of nitrogens with zero attached hydrogens (tertiary/aromatic N) is 2. The highest BCUT2D eigenvalue weighted by Crippen LogP contribution is 2.29. The van der Waals surface area contributed by atoms with E-state index in [2.05, 4.69) is 15.0 Å². The van der Waals surface area contributed by atoms with Gasteiger partial charge in [-0.05, 0) is 31.2 Å². The van der Waals surface area contributed by atoms with Crippen LogP contribution in [0, 0.1) is 0 Å². The van der Waals surface area contributed by atoms with Crippen molar-refractivity contribution < 1.29 is 23.9 Å². The Kier molecular flexibility index (Phi) is 5.70. The Hall–Kier alpha value is -2.94. The van der Waals surface area contributed by atoms with Crippen LogP contribution in [0.3, 0.4) is 0 Å². The zero-order chi connectivity index (χ0) is 19.4. The molecule has 1 aliphatic rings. The molecule has 0 unspecified atom stereocenters. The van der Waals surface area contributed by atoms with E-state index in [1.807, 2.05) is 0 Å². The van der Waals surface area contributed by atoms with E-state index in [9.17, 15) is 14.4 Å². The fraction of sp³-hybridized carbons (Fsp3) is 0.333. The lowest BCUT2D eigenvalue weighted by Gasteiger charge is -2.24. The van der Waals surface area contributed by atoms with Crippen LogP contribution in [0.1, 0.15) is 38.2 Å². The van der Waals surface area contributed by atoms with E-state index in [0.717, 1.165) is 10.6 Å². The zero-order valence-corrected chi connectivity index (χ0v) is 15.8. The van der Waals surface area contributed by atoms with Gasteiger partial charge in [0.2, 0.25) is 0 Å². The maximum Gasteiger partial charge on any atom is 0.410 e. The van der Waals surface area contributed by atoms with E-state index in [-0.39, 0.29) is 12.0 Å². The first-order chi connectivity index (χ1) is 13.0. The summed E-state index contributed by atoms with van der Waals surface area (Å²) in [7, 11) is 1.30. The van der Waals surface area contributed by atoms with E-state index in [1.165, 1.54) is 30.6 Å². The highest BCUT2D eigenvalue weighted by Gasteiger charge is 2.25. The van der Waals surface area contributed by atoms with Crippen LogP contribution in [0.4, 0.5) is 9.93 Å². The summed E-state index contributed by atoms with van der Waals surface area (Å²) >= 11 is 1.34. The molecule has 0 aliphatic carbocycles. The molecule has 1 aromatic heterocycles. The summed E-state index contributed by atoms with van der Waals surface area (Å²) in [5.41, 5.74) is 1.67. The smallest absolute Gasteiger partial charge is 0.410 e. The van der Waals surface area contributed by atoms with Crippen LogP contribution in [0.25, 0.3) is 0 Å². The Morgan fingerprint density at radius 3 is 2.59 bits per heavy atom. The quantitative estimate of drug-likeness (QED) is 0.808. The standard InChI is InChI=1S/C18H19N3O5S/c1-3-26-18(24)21-9-8-13-14(10-21)27-17(19-13)20-15(22)11-4-6-12(7-5-11)16(23)25-2/h4-7H,3,8-10H2,1-2H3,(H,19,20,22). The van der Waals surface area contributed by atoms with Gasteiger partial charge in [-0.2, -0.15) is 0 Å². The van der Waals surface area contributed by atoms with Gasteiger partial charge >= 0.3 is 12.1 Å². The minimum atomic E-state index is -0.458. The minimum Gasteiger partial charge on any atom is -0.465 e. The van der Waals surface area contributed by atoms with Crippen molar-refractivity contribution in [3.05, 3.63) is 46.0 Å². The molecule has 8 nitrogen and oxygen atoms in total. The number of carbonyl (C=O) groups is 3. The van der Waals surface area contributed by atoms with E-state index in [0.29, 0.717) is 42.4 Å². The van der Waals surface area contributed by atoms with Gasteiger partial charge in [0.25, 0.3) is 5.91 Å². The van der Waals surface area contributed by atoms with Crippen molar-refractivity contribution in [2.45, 2.75) is 19.9 Å². The SMILES string of the molecule is CCOC(=O)N1CCc2nc(NC(=O)c3ccc(C(=O)OC)cc3)sc2C1. The monoisotopic (exact) mass is 389 g/mol. The van der Waals surface area contributed by atoms with Crippen molar-refractivity contribution in [1.82, 2.24) is 9.88 Å². The van der Waals surface area contributed by atoms with E-state index >= 15 is 0 Å². The molecule has 0 radical (unpaired) electrons. The van der Waals surface area contributed by atoms with Crippen molar-refractivity contribution in [3.8, 4) is 0 Å². The summed E-state index contributed by atoms with van der Waals surface area (Å²) in [6.07, 6.45) is 0.279. The Bertz CT molecular complexity index is 862. The number of thiazole rings is 1. The molecule has 0 saturated heterocycles. The number of methoxy groups -OCH3 is 1. The lowest BCUT2D eigenvalue weighted by Crippen LogP contribution is -2.35. The average molecular weight is 389 g/mol. The summed E-state index contributed by atoms with van der Waals surface area (Å²) in [5.74, 6) is -0.777. The molecule has 0 atom stereocenters. The van der Waals surface area contributed by atoms with Crippen molar-refractivity contribution >= 4 is 34.4 Å². The number of carbonyl (C=O) groups excluding carboxylic acids is 3. The summed E-state index contributed by atoms with van der Waals surface area (Å²) in [6, 6.07) is 6.17. The van der Waals surface area contributed by atoms with E-state index < -0.39 is 5.97 Å². The molecule has 2 heterocycles. The molecule has 2 amide bonds. The second kappa shape index (κ2) is 8.17. The maximum atomic E-state index is 12.4. The third-order valence-electron chi connectivity index (χ3n) is 4.05. The number of hydrogen-bond acceptors (Lipinski definition) is 7. The van der Waals surface area contributed by atoms with Gasteiger partial charge in [0.05, 0.1) is 31.5 Å². The fourth-order valence-corrected chi connectivity index (χ4v) is 3.68. The molecule has 9 heteroatoms. The highest BCUT2D eigenvalue weighted by molar-refractivity contribution is 7.15. The molecule has 142 valence electrons. The van der Waals surface area contributed by atoms with Crippen LogP contribution in [-0.4, -0.2) is 48.1 Å². The van der Waals surface area contributed by atoms with Gasteiger partial charge in [0, 0.05) is 23.4 Å². The summed E-state index contributed by atoms with van der Waals surface area (Å²) < 4.78 is 9.66. The lowest BCUT2D eigenvalue weighted by atomic mass is 10.1. The minimum absolute atomic E-state index is 0.320. The number of ether oxygens (including phenoxy) is 2. The first-order valence-electron chi connectivity index (χ1n) is 8.41. The Labute approximate surface area is 160 Å². The molecular weight excluding hydrogens is 370 g/mol. The van der Waals surface area contributed by atoms with Crippen LogP contribution in [0.2, 0.25) is 0 Å². The second-order valence-corrected chi connectivity index (χ2v) is 6.87. The maximum absolute atomic E-state index is 12.4. The molecule has 2 aromatic rings. The number of fused-ring (bicyclic) bond motifs is 1. The van der Waals surface area contributed by atoms with Gasteiger partial charge in [-0.3, -0.25) is 10.1 Å². The Morgan fingerprint density at radius 2 is 1.93 bits per heavy atom. The molecule has 1 aromatic carbocycles. The molecule has 0 fully saturated rings. The van der Waals surface area contributed by atoms with Crippen LogP contribution in [0.15, 0.2) is 24.3 Å². The predicted molar refractivity (Wildman–Crippen MR) is 99.0 cm³/mol. The average Bonchev–Trinajstić information content (AvgIpc) is 3.09. The molecule has 0 spiro atoms. The first kappa shape index (κ1) is 18.8. The first-order valence-corrected chi connectivity index (χ1v) is 9.23. The number of benzene rings is 1. The molecule has 27 heavy (non-hydrogen) atoms. The largest absolute Gasteiger partial charge is 0.465 e. The number of esters is 1. The molecule has 0 bridgehead atoms.